The van der Waals surface area contributed by atoms with Crippen molar-refractivity contribution in [1.29, 1.82) is 0 Å². The van der Waals surface area contributed by atoms with Crippen LogP contribution < -0.4 is 5.73 Å². The van der Waals surface area contributed by atoms with Crippen molar-refractivity contribution in [1.82, 2.24) is 0 Å². The summed E-state index contributed by atoms with van der Waals surface area (Å²) >= 11 is 0. The average Bonchev–Trinajstić information content (AvgIpc) is 2.83. The van der Waals surface area contributed by atoms with Crippen molar-refractivity contribution < 1.29 is 17.6 Å². The first-order chi connectivity index (χ1) is 6.83. The summed E-state index contributed by atoms with van der Waals surface area (Å²) in [6, 6.07) is 2.64. The summed E-state index contributed by atoms with van der Waals surface area (Å²) in [5, 5.41) is 0. The van der Waals surface area contributed by atoms with Gasteiger partial charge in [0.25, 0.3) is 0 Å². The van der Waals surface area contributed by atoms with Crippen molar-refractivity contribution in [3.8, 4) is 0 Å². The standard InChI is InChI=1S/C10H9F4N/c11-6-1-2-7(9(15)3-4-9)8(5-6)10(12,13)14/h1-2,5H,3-4,15H2. The molecule has 0 saturated heterocycles. The molecule has 0 unspecified atom stereocenters. The molecule has 0 amide bonds. The quantitative estimate of drug-likeness (QED) is 0.722. The molecule has 0 heterocycles. The van der Waals surface area contributed by atoms with Crippen LogP contribution >= 0.6 is 0 Å². The largest absolute Gasteiger partial charge is 0.416 e. The summed E-state index contributed by atoms with van der Waals surface area (Å²) in [6.07, 6.45) is -3.52. The van der Waals surface area contributed by atoms with Gasteiger partial charge in [-0.3, -0.25) is 0 Å². The lowest BCUT2D eigenvalue weighted by Crippen LogP contribution is -2.24. The van der Waals surface area contributed by atoms with Crippen LogP contribution in [0.1, 0.15) is 24.0 Å². The zero-order chi connectivity index (χ0) is 11.3. The Bertz CT molecular complexity index is 393. The van der Waals surface area contributed by atoms with E-state index >= 15 is 0 Å². The second-order valence-electron chi connectivity index (χ2n) is 3.84. The van der Waals surface area contributed by atoms with Crippen molar-refractivity contribution in [2.75, 3.05) is 0 Å². The van der Waals surface area contributed by atoms with Gasteiger partial charge in [0.15, 0.2) is 0 Å². The molecule has 1 aliphatic carbocycles. The Kier molecular flexibility index (Phi) is 2.05. The monoisotopic (exact) mass is 219 g/mol. The third-order valence-corrected chi connectivity index (χ3v) is 2.61. The topological polar surface area (TPSA) is 26.0 Å². The Balaban J connectivity index is 2.55. The summed E-state index contributed by atoms with van der Waals surface area (Å²) in [4.78, 5) is 0. The minimum Gasteiger partial charge on any atom is -0.321 e. The van der Waals surface area contributed by atoms with Crippen LogP contribution in [0.2, 0.25) is 0 Å². The normalized spacial score (nSPS) is 19.0. The van der Waals surface area contributed by atoms with E-state index in [2.05, 4.69) is 0 Å². The van der Waals surface area contributed by atoms with Gasteiger partial charge in [0.2, 0.25) is 0 Å². The summed E-state index contributed by atoms with van der Waals surface area (Å²) in [5.41, 5.74) is 3.83. The molecule has 1 saturated carbocycles. The molecule has 1 fully saturated rings. The van der Waals surface area contributed by atoms with Gasteiger partial charge in [0, 0.05) is 5.54 Å². The maximum atomic E-state index is 12.7. The highest BCUT2D eigenvalue weighted by Crippen LogP contribution is 2.47. The molecule has 0 radical (unpaired) electrons. The molecule has 1 aromatic rings. The van der Waals surface area contributed by atoms with Crippen LogP contribution in [0.15, 0.2) is 18.2 Å². The van der Waals surface area contributed by atoms with Gasteiger partial charge in [-0.2, -0.15) is 13.2 Å². The molecule has 15 heavy (non-hydrogen) atoms. The van der Waals surface area contributed by atoms with Gasteiger partial charge in [-0.25, -0.2) is 4.39 Å². The predicted octanol–water partition coefficient (Wildman–Crippen LogP) is 2.79. The molecule has 0 spiro atoms. The highest BCUT2D eigenvalue weighted by Gasteiger charge is 2.46. The summed E-state index contributed by atoms with van der Waals surface area (Å²) in [7, 11) is 0. The maximum absolute atomic E-state index is 12.7. The Morgan fingerprint density at radius 2 is 1.80 bits per heavy atom. The van der Waals surface area contributed by atoms with Gasteiger partial charge >= 0.3 is 6.18 Å². The van der Waals surface area contributed by atoms with Crippen LogP contribution in [-0.4, -0.2) is 0 Å². The Morgan fingerprint density at radius 1 is 1.20 bits per heavy atom. The first-order valence-electron chi connectivity index (χ1n) is 4.49. The van der Waals surface area contributed by atoms with E-state index in [9.17, 15) is 17.6 Å². The van der Waals surface area contributed by atoms with Crippen molar-refractivity contribution in [2.45, 2.75) is 24.6 Å². The van der Waals surface area contributed by atoms with Crippen molar-refractivity contribution in [2.24, 2.45) is 5.73 Å². The number of hydrogen-bond donors (Lipinski definition) is 1. The van der Waals surface area contributed by atoms with Crippen molar-refractivity contribution in [3.63, 3.8) is 0 Å². The van der Waals surface area contributed by atoms with Gasteiger partial charge in [0.1, 0.15) is 5.82 Å². The second kappa shape index (κ2) is 2.95. The van der Waals surface area contributed by atoms with E-state index in [0.29, 0.717) is 18.9 Å². The van der Waals surface area contributed by atoms with Crippen LogP contribution in [0.5, 0.6) is 0 Å². The SMILES string of the molecule is NC1(c2ccc(F)cc2C(F)(F)F)CC1. The molecule has 1 aromatic carbocycles. The first-order valence-corrected chi connectivity index (χ1v) is 4.49. The minimum absolute atomic E-state index is 0.00333. The number of benzene rings is 1. The Labute approximate surface area is 83.9 Å². The van der Waals surface area contributed by atoms with E-state index < -0.39 is 23.1 Å². The molecule has 1 nitrogen and oxygen atoms in total. The maximum Gasteiger partial charge on any atom is 0.416 e. The van der Waals surface area contributed by atoms with Crippen LogP contribution in [-0.2, 0) is 11.7 Å². The molecular weight excluding hydrogens is 210 g/mol. The summed E-state index contributed by atoms with van der Waals surface area (Å²) < 4.78 is 50.4. The van der Waals surface area contributed by atoms with Crippen LogP contribution in [0.3, 0.4) is 0 Å². The molecule has 0 atom stereocenters. The van der Waals surface area contributed by atoms with Gasteiger partial charge in [-0.05, 0) is 30.5 Å². The Hall–Kier alpha value is -1.10. The van der Waals surface area contributed by atoms with E-state index in [-0.39, 0.29) is 5.56 Å². The summed E-state index contributed by atoms with van der Waals surface area (Å²) in [5.74, 6) is -0.893. The molecule has 1 aliphatic rings. The highest BCUT2D eigenvalue weighted by molar-refractivity contribution is 5.39. The molecule has 0 bridgehead atoms. The molecule has 2 N–H and O–H groups in total. The first kappa shape index (κ1) is 10.4. The number of nitrogens with two attached hydrogens (primary N) is 1. The molecular formula is C10H9F4N. The van der Waals surface area contributed by atoms with E-state index in [1.54, 1.807) is 0 Å². The second-order valence-corrected chi connectivity index (χ2v) is 3.84. The van der Waals surface area contributed by atoms with Crippen molar-refractivity contribution in [3.05, 3.63) is 35.1 Å². The van der Waals surface area contributed by atoms with E-state index in [4.69, 9.17) is 5.73 Å². The Morgan fingerprint density at radius 3 is 2.27 bits per heavy atom. The van der Waals surface area contributed by atoms with E-state index in [0.717, 1.165) is 12.1 Å². The summed E-state index contributed by atoms with van der Waals surface area (Å²) in [6.45, 7) is 0. The lowest BCUT2D eigenvalue weighted by atomic mass is 9.98. The van der Waals surface area contributed by atoms with Crippen molar-refractivity contribution >= 4 is 0 Å². The zero-order valence-corrected chi connectivity index (χ0v) is 7.74. The fraction of sp³-hybridized carbons (Fsp3) is 0.400. The van der Waals surface area contributed by atoms with Gasteiger partial charge in [-0.15, -0.1) is 0 Å². The number of halogens is 4. The third-order valence-electron chi connectivity index (χ3n) is 2.61. The van der Waals surface area contributed by atoms with Crippen LogP contribution in [0.25, 0.3) is 0 Å². The minimum atomic E-state index is -4.55. The fourth-order valence-electron chi connectivity index (χ4n) is 1.59. The van der Waals surface area contributed by atoms with E-state index in [1.165, 1.54) is 0 Å². The smallest absolute Gasteiger partial charge is 0.321 e. The molecule has 5 heteroatoms. The fourth-order valence-corrected chi connectivity index (χ4v) is 1.59. The molecule has 0 aromatic heterocycles. The number of alkyl halides is 3. The van der Waals surface area contributed by atoms with Crippen LogP contribution in [0.4, 0.5) is 17.6 Å². The highest BCUT2D eigenvalue weighted by atomic mass is 19.4. The van der Waals surface area contributed by atoms with Crippen LogP contribution in [0, 0.1) is 5.82 Å². The molecule has 82 valence electrons. The van der Waals surface area contributed by atoms with Gasteiger partial charge < -0.3 is 5.73 Å². The lowest BCUT2D eigenvalue weighted by molar-refractivity contribution is -0.138. The van der Waals surface area contributed by atoms with E-state index in [1.807, 2.05) is 0 Å². The lowest BCUT2D eigenvalue weighted by Gasteiger charge is -2.17. The van der Waals surface area contributed by atoms with Gasteiger partial charge in [-0.1, -0.05) is 6.07 Å². The zero-order valence-electron chi connectivity index (χ0n) is 7.74. The average molecular weight is 219 g/mol. The molecule has 2 rings (SSSR count). The third kappa shape index (κ3) is 1.84. The number of hydrogen-bond acceptors (Lipinski definition) is 1. The number of rotatable bonds is 1. The predicted molar refractivity (Wildman–Crippen MR) is 46.5 cm³/mol. The van der Waals surface area contributed by atoms with Gasteiger partial charge in [0.05, 0.1) is 5.56 Å². The molecule has 0 aliphatic heterocycles.